The Morgan fingerprint density at radius 3 is 2.55 bits per heavy atom. The number of rotatable bonds is 7. The monoisotopic (exact) mass is 298 g/mol. The van der Waals surface area contributed by atoms with Crippen LogP contribution in [0.4, 0.5) is 0 Å². The van der Waals surface area contributed by atoms with Crippen LogP contribution in [-0.2, 0) is 4.79 Å². The quantitative estimate of drug-likeness (QED) is 0.797. The molecule has 1 N–H and O–H groups in total. The third kappa shape index (κ3) is 5.20. The predicted molar refractivity (Wildman–Crippen MR) is 86.7 cm³/mol. The van der Waals surface area contributed by atoms with Gasteiger partial charge in [-0.05, 0) is 50.1 Å². The zero-order valence-corrected chi connectivity index (χ0v) is 13.1. The number of hydrogen-bond donors (Lipinski definition) is 1. The standard InChI is InChI=1S/C18H22N2O2/c1-14-5-7-17(8-6-14)22-13-3-4-18(21)20-15(2)16-9-11-19-12-10-16/h5-12,15H,3-4,13H2,1-2H3,(H,20,21)/t15-/m1/s1. The normalized spacial score (nSPS) is 11.7. The number of pyridine rings is 1. The molecule has 1 aromatic heterocycles. The number of amides is 1. The number of benzene rings is 1. The van der Waals surface area contributed by atoms with E-state index in [0.717, 1.165) is 11.3 Å². The molecule has 1 atom stereocenters. The minimum Gasteiger partial charge on any atom is -0.494 e. The van der Waals surface area contributed by atoms with Crippen molar-refractivity contribution >= 4 is 5.91 Å². The first-order valence-corrected chi connectivity index (χ1v) is 7.54. The summed E-state index contributed by atoms with van der Waals surface area (Å²) in [4.78, 5) is 15.9. The average Bonchev–Trinajstić information content (AvgIpc) is 2.54. The molecule has 2 rings (SSSR count). The topological polar surface area (TPSA) is 51.2 Å². The first-order valence-electron chi connectivity index (χ1n) is 7.54. The minimum atomic E-state index is -0.00600. The number of nitrogens with one attached hydrogen (secondary N) is 1. The van der Waals surface area contributed by atoms with Crippen LogP contribution in [-0.4, -0.2) is 17.5 Å². The highest BCUT2D eigenvalue weighted by Crippen LogP contribution is 2.12. The summed E-state index contributed by atoms with van der Waals surface area (Å²) >= 11 is 0. The second-order valence-corrected chi connectivity index (χ2v) is 5.33. The maximum Gasteiger partial charge on any atom is 0.220 e. The molecule has 0 saturated carbocycles. The molecule has 4 nitrogen and oxygen atoms in total. The largest absolute Gasteiger partial charge is 0.494 e. The Kier molecular flexibility index (Phi) is 5.95. The van der Waals surface area contributed by atoms with Crippen LogP contribution >= 0.6 is 0 Å². The number of aromatic nitrogens is 1. The fourth-order valence-electron chi connectivity index (χ4n) is 2.11. The first-order chi connectivity index (χ1) is 10.6. The zero-order chi connectivity index (χ0) is 15.8. The van der Waals surface area contributed by atoms with E-state index in [4.69, 9.17) is 4.74 Å². The summed E-state index contributed by atoms with van der Waals surface area (Å²) in [5.74, 6) is 0.882. The molecule has 1 amide bonds. The van der Waals surface area contributed by atoms with Gasteiger partial charge in [-0.3, -0.25) is 9.78 Å². The lowest BCUT2D eigenvalue weighted by Gasteiger charge is -2.14. The van der Waals surface area contributed by atoms with Gasteiger partial charge in [-0.1, -0.05) is 17.7 Å². The van der Waals surface area contributed by atoms with Crippen molar-refractivity contribution in [1.29, 1.82) is 0 Å². The Balaban J connectivity index is 1.66. The van der Waals surface area contributed by atoms with E-state index in [1.54, 1.807) is 12.4 Å². The van der Waals surface area contributed by atoms with Crippen LogP contribution in [0.25, 0.3) is 0 Å². The summed E-state index contributed by atoms with van der Waals surface area (Å²) in [6, 6.07) is 11.7. The van der Waals surface area contributed by atoms with Gasteiger partial charge in [0.2, 0.25) is 5.91 Å². The van der Waals surface area contributed by atoms with E-state index in [1.165, 1.54) is 5.56 Å². The van der Waals surface area contributed by atoms with Gasteiger partial charge in [0.15, 0.2) is 0 Å². The summed E-state index contributed by atoms with van der Waals surface area (Å²) < 4.78 is 5.61. The molecule has 1 aromatic carbocycles. The van der Waals surface area contributed by atoms with E-state index in [-0.39, 0.29) is 11.9 Å². The summed E-state index contributed by atoms with van der Waals surface area (Å²) in [5.41, 5.74) is 2.26. The van der Waals surface area contributed by atoms with Crippen LogP contribution in [0.3, 0.4) is 0 Å². The van der Waals surface area contributed by atoms with Crippen molar-refractivity contribution in [2.45, 2.75) is 32.7 Å². The van der Waals surface area contributed by atoms with Crippen molar-refractivity contribution in [2.24, 2.45) is 0 Å². The molecule has 1 heterocycles. The first kappa shape index (κ1) is 16.0. The summed E-state index contributed by atoms with van der Waals surface area (Å²) in [5, 5.41) is 2.98. The molecule has 0 bridgehead atoms. The van der Waals surface area contributed by atoms with E-state index in [1.807, 2.05) is 50.2 Å². The van der Waals surface area contributed by atoms with Crippen molar-refractivity contribution in [3.8, 4) is 5.75 Å². The van der Waals surface area contributed by atoms with Crippen molar-refractivity contribution in [3.63, 3.8) is 0 Å². The van der Waals surface area contributed by atoms with Crippen LogP contribution in [0, 0.1) is 6.92 Å². The van der Waals surface area contributed by atoms with Crippen molar-refractivity contribution in [1.82, 2.24) is 10.3 Å². The van der Waals surface area contributed by atoms with Gasteiger partial charge in [0.1, 0.15) is 5.75 Å². The number of nitrogens with zero attached hydrogens (tertiary/aromatic N) is 1. The van der Waals surface area contributed by atoms with Crippen molar-refractivity contribution in [3.05, 3.63) is 59.9 Å². The Hall–Kier alpha value is -2.36. The molecule has 4 heteroatoms. The lowest BCUT2D eigenvalue weighted by Crippen LogP contribution is -2.26. The number of carbonyl (C=O) groups is 1. The molecule has 0 aliphatic carbocycles. The number of carbonyl (C=O) groups excluding carboxylic acids is 1. The third-order valence-corrected chi connectivity index (χ3v) is 3.42. The van der Waals surface area contributed by atoms with Gasteiger partial charge in [-0.15, -0.1) is 0 Å². The molecule has 0 aliphatic rings. The lowest BCUT2D eigenvalue weighted by atomic mass is 10.1. The van der Waals surface area contributed by atoms with E-state index in [0.29, 0.717) is 19.4 Å². The Morgan fingerprint density at radius 2 is 1.86 bits per heavy atom. The highest BCUT2D eigenvalue weighted by molar-refractivity contribution is 5.76. The number of hydrogen-bond acceptors (Lipinski definition) is 3. The molecule has 0 spiro atoms. The molecule has 0 aliphatic heterocycles. The highest BCUT2D eigenvalue weighted by Gasteiger charge is 2.08. The molecule has 0 radical (unpaired) electrons. The SMILES string of the molecule is Cc1ccc(OCCCC(=O)N[C@H](C)c2ccncc2)cc1. The maximum absolute atomic E-state index is 11.9. The van der Waals surface area contributed by atoms with Gasteiger partial charge in [0.05, 0.1) is 12.6 Å². The van der Waals surface area contributed by atoms with Gasteiger partial charge in [0, 0.05) is 18.8 Å². The van der Waals surface area contributed by atoms with Crippen LogP contribution in [0.5, 0.6) is 5.75 Å². The van der Waals surface area contributed by atoms with Gasteiger partial charge in [-0.25, -0.2) is 0 Å². The average molecular weight is 298 g/mol. The van der Waals surface area contributed by atoms with Crippen molar-refractivity contribution in [2.75, 3.05) is 6.61 Å². The van der Waals surface area contributed by atoms with E-state index < -0.39 is 0 Å². The molecular weight excluding hydrogens is 276 g/mol. The molecule has 0 fully saturated rings. The number of ether oxygens (including phenoxy) is 1. The molecule has 0 unspecified atom stereocenters. The second-order valence-electron chi connectivity index (χ2n) is 5.33. The zero-order valence-electron chi connectivity index (χ0n) is 13.1. The summed E-state index contributed by atoms with van der Waals surface area (Å²) in [6.45, 7) is 4.55. The molecular formula is C18H22N2O2. The summed E-state index contributed by atoms with van der Waals surface area (Å²) in [7, 11) is 0. The Morgan fingerprint density at radius 1 is 1.18 bits per heavy atom. The Labute approximate surface area is 131 Å². The summed E-state index contributed by atoms with van der Waals surface area (Å²) in [6.07, 6.45) is 4.62. The fraction of sp³-hybridized carbons (Fsp3) is 0.333. The second kappa shape index (κ2) is 8.17. The fourth-order valence-corrected chi connectivity index (χ4v) is 2.11. The van der Waals surface area contributed by atoms with E-state index in [2.05, 4.69) is 10.3 Å². The van der Waals surface area contributed by atoms with Gasteiger partial charge >= 0.3 is 0 Å². The maximum atomic E-state index is 11.9. The Bertz CT molecular complexity index is 582. The molecule has 22 heavy (non-hydrogen) atoms. The van der Waals surface area contributed by atoms with Crippen LogP contribution in [0.1, 0.15) is 36.9 Å². The lowest BCUT2D eigenvalue weighted by molar-refractivity contribution is -0.121. The van der Waals surface area contributed by atoms with Crippen LogP contribution < -0.4 is 10.1 Å². The van der Waals surface area contributed by atoms with Crippen LogP contribution in [0.2, 0.25) is 0 Å². The van der Waals surface area contributed by atoms with E-state index in [9.17, 15) is 4.79 Å². The smallest absolute Gasteiger partial charge is 0.220 e. The highest BCUT2D eigenvalue weighted by atomic mass is 16.5. The molecule has 2 aromatic rings. The third-order valence-electron chi connectivity index (χ3n) is 3.42. The minimum absolute atomic E-state index is 0.00600. The van der Waals surface area contributed by atoms with Gasteiger partial charge in [0.25, 0.3) is 0 Å². The molecule has 116 valence electrons. The molecule has 0 saturated heterocycles. The predicted octanol–water partition coefficient (Wildman–Crippen LogP) is 3.43. The van der Waals surface area contributed by atoms with Gasteiger partial charge < -0.3 is 10.1 Å². The van der Waals surface area contributed by atoms with Crippen LogP contribution in [0.15, 0.2) is 48.8 Å². The number of aryl methyl sites for hydroxylation is 1. The van der Waals surface area contributed by atoms with Gasteiger partial charge in [-0.2, -0.15) is 0 Å². The van der Waals surface area contributed by atoms with Crippen molar-refractivity contribution < 1.29 is 9.53 Å². The van der Waals surface area contributed by atoms with E-state index >= 15 is 0 Å².